The Balaban J connectivity index is 1.28. The number of anilines is 2. The molecular weight excluding hydrogens is 342 g/mol. The first kappa shape index (κ1) is 16.5. The highest BCUT2D eigenvalue weighted by molar-refractivity contribution is 5.89. The summed E-state index contributed by atoms with van der Waals surface area (Å²) in [5.41, 5.74) is 1.69. The smallest absolute Gasteiger partial charge is 0.319 e. The van der Waals surface area contributed by atoms with Crippen molar-refractivity contribution in [3.63, 3.8) is 0 Å². The molecule has 7 nitrogen and oxygen atoms in total. The number of piperidine rings is 1. The zero-order valence-electron chi connectivity index (χ0n) is 15.1. The number of carbonyl (C=O) groups is 1. The molecule has 2 atom stereocenters. The van der Waals surface area contributed by atoms with Gasteiger partial charge in [-0.2, -0.15) is 0 Å². The van der Waals surface area contributed by atoms with Crippen LogP contribution in [0.3, 0.4) is 0 Å². The molecule has 1 saturated carbocycles. The van der Waals surface area contributed by atoms with E-state index in [0.29, 0.717) is 23.9 Å². The van der Waals surface area contributed by atoms with Gasteiger partial charge in [-0.25, -0.2) is 14.8 Å². The number of nitrogens with one attached hydrogen (secondary N) is 2. The first-order valence-corrected chi connectivity index (χ1v) is 9.60. The lowest BCUT2D eigenvalue weighted by Gasteiger charge is -2.31. The maximum absolute atomic E-state index is 11.8. The number of nitrogens with zero attached hydrogens (tertiary/aromatic N) is 3. The molecule has 3 aliphatic rings. The first-order valence-electron chi connectivity index (χ1n) is 9.60. The summed E-state index contributed by atoms with van der Waals surface area (Å²) in [5, 5.41) is 5.77. The molecule has 1 aromatic carbocycles. The van der Waals surface area contributed by atoms with Crippen LogP contribution in [0.15, 0.2) is 36.5 Å². The number of rotatable bonds is 4. The van der Waals surface area contributed by atoms with E-state index in [1.165, 1.54) is 0 Å². The molecule has 2 unspecified atom stereocenters. The Morgan fingerprint density at radius 3 is 2.78 bits per heavy atom. The van der Waals surface area contributed by atoms with Crippen molar-refractivity contribution in [3.8, 4) is 11.4 Å². The van der Waals surface area contributed by atoms with Crippen LogP contribution in [0.2, 0.25) is 0 Å². The van der Waals surface area contributed by atoms with Crippen molar-refractivity contribution in [2.75, 3.05) is 29.9 Å². The lowest BCUT2D eigenvalue weighted by Crippen LogP contribution is -2.39. The fourth-order valence-corrected chi connectivity index (χ4v) is 3.80. The monoisotopic (exact) mass is 365 g/mol. The minimum atomic E-state index is -0.148. The number of amides is 2. The third kappa shape index (κ3) is 3.73. The number of hydrogen-bond donors (Lipinski definition) is 2. The van der Waals surface area contributed by atoms with Gasteiger partial charge in [-0.3, -0.25) is 0 Å². The fraction of sp³-hybridized carbons (Fsp3) is 0.450. The van der Waals surface area contributed by atoms with E-state index in [4.69, 9.17) is 9.72 Å². The van der Waals surface area contributed by atoms with Crippen molar-refractivity contribution < 1.29 is 9.53 Å². The highest BCUT2D eigenvalue weighted by Gasteiger charge is 2.34. The molecule has 0 spiro atoms. The van der Waals surface area contributed by atoms with Gasteiger partial charge in [0.05, 0.1) is 12.7 Å². The minimum Gasteiger partial charge on any atom is -0.376 e. The largest absolute Gasteiger partial charge is 0.376 e. The van der Waals surface area contributed by atoms with Crippen LogP contribution in [-0.2, 0) is 4.74 Å². The third-order valence-corrected chi connectivity index (χ3v) is 5.34. The van der Waals surface area contributed by atoms with Crippen LogP contribution in [-0.4, -0.2) is 47.8 Å². The van der Waals surface area contributed by atoms with Crippen LogP contribution in [0, 0.1) is 5.92 Å². The first-order chi connectivity index (χ1) is 13.2. The zero-order chi connectivity index (χ0) is 18.2. The molecule has 3 heterocycles. The summed E-state index contributed by atoms with van der Waals surface area (Å²) in [7, 11) is 0. The van der Waals surface area contributed by atoms with Crippen LogP contribution < -0.4 is 15.5 Å². The van der Waals surface area contributed by atoms with E-state index < -0.39 is 0 Å². The molecule has 3 fully saturated rings. The van der Waals surface area contributed by atoms with E-state index in [2.05, 4.69) is 20.5 Å². The summed E-state index contributed by atoms with van der Waals surface area (Å²) in [4.78, 5) is 23.3. The average Bonchev–Trinajstić information content (AvgIpc) is 3.44. The molecule has 2 saturated heterocycles. The van der Waals surface area contributed by atoms with E-state index in [1.54, 1.807) is 0 Å². The second-order valence-corrected chi connectivity index (χ2v) is 7.65. The average molecular weight is 365 g/mol. The SMILES string of the molecule is O=C(Nc1ccc(-c2nccc(N3CC4COC(C4)C3)n2)cc1)NC1CC1. The topological polar surface area (TPSA) is 79.4 Å². The Hall–Kier alpha value is -2.67. The molecule has 1 aromatic heterocycles. The van der Waals surface area contributed by atoms with Crippen molar-refractivity contribution in [1.82, 2.24) is 15.3 Å². The number of hydrogen-bond acceptors (Lipinski definition) is 5. The van der Waals surface area contributed by atoms with Crippen molar-refractivity contribution in [1.29, 1.82) is 0 Å². The van der Waals surface area contributed by atoms with E-state index in [1.807, 2.05) is 36.5 Å². The number of aromatic nitrogens is 2. The van der Waals surface area contributed by atoms with Crippen LogP contribution >= 0.6 is 0 Å². The molecule has 2 N–H and O–H groups in total. The minimum absolute atomic E-state index is 0.148. The van der Waals surface area contributed by atoms with Gasteiger partial charge in [0.1, 0.15) is 5.82 Å². The highest BCUT2D eigenvalue weighted by Crippen LogP contribution is 2.30. The quantitative estimate of drug-likeness (QED) is 0.871. The Kier molecular flexibility index (Phi) is 4.16. The summed E-state index contributed by atoms with van der Waals surface area (Å²) in [6.07, 6.45) is 5.45. The van der Waals surface area contributed by atoms with Gasteiger partial charge >= 0.3 is 6.03 Å². The van der Waals surface area contributed by atoms with Crippen LogP contribution in [0.25, 0.3) is 11.4 Å². The lowest BCUT2D eigenvalue weighted by molar-refractivity contribution is 0.119. The van der Waals surface area contributed by atoms with Gasteiger partial charge in [0.25, 0.3) is 0 Å². The van der Waals surface area contributed by atoms with E-state index >= 15 is 0 Å². The lowest BCUT2D eigenvalue weighted by atomic mass is 10.0. The molecule has 2 bridgehead atoms. The Bertz CT molecular complexity index is 825. The number of urea groups is 1. The van der Waals surface area contributed by atoms with Gasteiger partial charge < -0.3 is 20.3 Å². The number of benzene rings is 1. The van der Waals surface area contributed by atoms with Gasteiger partial charge in [0, 0.05) is 42.5 Å². The summed E-state index contributed by atoms with van der Waals surface area (Å²) in [6, 6.07) is 9.80. The third-order valence-electron chi connectivity index (χ3n) is 5.34. The summed E-state index contributed by atoms with van der Waals surface area (Å²) in [5.74, 6) is 2.25. The number of ether oxygens (including phenoxy) is 1. The van der Waals surface area contributed by atoms with Gasteiger partial charge in [0.2, 0.25) is 0 Å². The summed E-state index contributed by atoms with van der Waals surface area (Å²) in [6.45, 7) is 2.75. The Morgan fingerprint density at radius 1 is 1.15 bits per heavy atom. The van der Waals surface area contributed by atoms with Gasteiger partial charge in [-0.05, 0) is 49.6 Å². The maximum atomic E-state index is 11.8. The van der Waals surface area contributed by atoms with Crippen molar-refractivity contribution in [2.45, 2.75) is 31.4 Å². The molecule has 2 aliphatic heterocycles. The van der Waals surface area contributed by atoms with Crippen LogP contribution in [0.1, 0.15) is 19.3 Å². The van der Waals surface area contributed by atoms with E-state index in [-0.39, 0.29) is 6.03 Å². The van der Waals surface area contributed by atoms with Gasteiger partial charge in [-0.1, -0.05) is 0 Å². The Morgan fingerprint density at radius 2 is 2.00 bits per heavy atom. The predicted molar refractivity (Wildman–Crippen MR) is 103 cm³/mol. The van der Waals surface area contributed by atoms with Gasteiger partial charge in [0.15, 0.2) is 5.82 Å². The molecule has 5 rings (SSSR count). The maximum Gasteiger partial charge on any atom is 0.319 e. The van der Waals surface area contributed by atoms with Crippen molar-refractivity contribution >= 4 is 17.5 Å². The van der Waals surface area contributed by atoms with Gasteiger partial charge in [-0.15, -0.1) is 0 Å². The second kappa shape index (κ2) is 6.81. The molecule has 1 aliphatic carbocycles. The standard InChI is InChI=1S/C20H23N5O2/c26-20(23-16-5-6-16)22-15-3-1-14(2-4-15)19-21-8-7-18(24-19)25-10-13-9-17(11-25)27-12-13/h1-4,7-8,13,16-17H,5-6,9-12H2,(H2,22,23,26). The zero-order valence-corrected chi connectivity index (χ0v) is 15.1. The summed E-state index contributed by atoms with van der Waals surface area (Å²) < 4.78 is 5.79. The fourth-order valence-electron chi connectivity index (χ4n) is 3.80. The second-order valence-electron chi connectivity index (χ2n) is 7.65. The molecular formula is C20H23N5O2. The Labute approximate surface area is 158 Å². The highest BCUT2D eigenvalue weighted by atomic mass is 16.5. The molecule has 27 heavy (non-hydrogen) atoms. The van der Waals surface area contributed by atoms with Crippen LogP contribution in [0.4, 0.5) is 16.3 Å². The summed E-state index contributed by atoms with van der Waals surface area (Å²) >= 11 is 0. The predicted octanol–water partition coefficient (Wildman–Crippen LogP) is 2.65. The van der Waals surface area contributed by atoms with Crippen molar-refractivity contribution in [3.05, 3.63) is 36.5 Å². The number of carbonyl (C=O) groups excluding carboxylic acids is 1. The van der Waals surface area contributed by atoms with Crippen LogP contribution in [0.5, 0.6) is 0 Å². The van der Waals surface area contributed by atoms with E-state index in [9.17, 15) is 4.79 Å². The molecule has 2 amide bonds. The van der Waals surface area contributed by atoms with Crippen molar-refractivity contribution in [2.24, 2.45) is 5.92 Å². The van der Waals surface area contributed by atoms with E-state index in [0.717, 1.165) is 56.0 Å². The molecule has 7 heteroatoms. The number of fused-ring (bicyclic) bond motifs is 2. The molecule has 0 radical (unpaired) electrons. The molecule has 140 valence electrons. The molecule has 2 aromatic rings. The normalized spacial score (nSPS) is 23.9.